The summed E-state index contributed by atoms with van der Waals surface area (Å²) in [6.45, 7) is 5.98. The van der Waals surface area contributed by atoms with Crippen molar-refractivity contribution >= 4 is 0 Å². The fourth-order valence-corrected chi connectivity index (χ4v) is 2.07. The molecule has 0 radical (unpaired) electrons. The average Bonchev–Trinajstić information content (AvgIpc) is 2.43. The Hall–Kier alpha value is -0.0400. The van der Waals surface area contributed by atoms with Gasteiger partial charge in [-0.05, 0) is 39.2 Å². The molecule has 1 heterocycles. The topological polar surface area (TPSA) is 3.24 Å². The molecular formula is C8H15N. The zero-order chi connectivity index (χ0) is 6.43. The minimum atomic E-state index is 0.794. The van der Waals surface area contributed by atoms with Gasteiger partial charge in [0, 0.05) is 12.1 Å². The monoisotopic (exact) mass is 125 g/mol. The fourth-order valence-electron chi connectivity index (χ4n) is 2.07. The summed E-state index contributed by atoms with van der Waals surface area (Å²) in [6, 6.07) is 1.80. The van der Waals surface area contributed by atoms with Crippen molar-refractivity contribution in [3.05, 3.63) is 0 Å². The minimum Gasteiger partial charge on any atom is -0.298 e. The molecule has 1 aliphatic carbocycles. The van der Waals surface area contributed by atoms with Crippen LogP contribution in [0.3, 0.4) is 0 Å². The average molecular weight is 125 g/mol. The van der Waals surface area contributed by atoms with E-state index in [1.165, 1.54) is 19.4 Å². The first-order valence-electron chi connectivity index (χ1n) is 4.05. The summed E-state index contributed by atoms with van der Waals surface area (Å²) in [5.74, 6) is 1.10. The molecule has 1 saturated carbocycles. The maximum absolute atomic E-state index is 2.64. The molecule has 0 N–H and O–H groups in total. The Morgan fingerprint density at radius 1 is 1.44 bits per heavy atom. The summed E-state index contributed by atoms with van der Waals surface area (Å²) in [7, 11) is 0. The smallest absolute Gasteiger partial charge is 0.0130 e. The van der Waals surface area contributed by atoms with Gasteiger partial charge in [0.2, 0.25) is 0 Å². The lowest BCUT2D eigenvalue weighted by Crippen LogP contribution is -2.30. The number of likely N-dealkylation sites (tertiary alicyclic amines) is 1. The van der Waals surface area contributed by atoms with E-state index in [1.807, 2.05) is 0 Å². The van der Waals surface area contributed by atoms with Gasteiger partial charge in [-0.15, -0.1) is 0 Å². The van der Waals surface area contributed by atoms with Crippen LogP contribution in [-0.4, -0.2) is 23.5 Å². The van der Waals surface area contributed by atoms with Crippen LogP contribution in [0.4, 0.5) is 0 Å². The lowest BCUT2D eigenvalue weighted by Gasteiger charge is -2.21. The van der Waals surface area contributed by atoms with E-state index in [0.29, 0.717) is 0 Å². The summed E-state index contributed by atoms with van der Waals surface area (Å²) in [6.07, 6.45) is 2.97. The van der Waals surface area contributed by atoms with E-state index in [9.17, 15) is 0 Å². The Kier molecular flexibility index (Phi) is 1.10. The Labute approximate surface area is 57.0 Å². The number of fused-ring (bicyclic) bond motifs is 1. The van der Waals surface area contributed by atoms with Crippen molar-refractivity contribution in [1.82, 2.24) is 4.90 Å². The molecule has 1 saturated heterocycles. The largest absolute Gasteiger partial charge is 0.298 e. The van der Waals surface area contributed by atoms with Gasteiger partial charge in [0.1, 0.15) is 0 Å². The Balaban J connectivity index is 1.98. The normalized spacial score (nSPS) is 41.7. The molecule has 52 valence electrons. The molecule has 0 bridgehead atoms. The van der Waals surface area contributed by atoms with Crippen molar-refractivity contribution in [2.24, 2.45) is 5.92 Å². The van der Waals surface area contributed by atoms with Crippen LogP contribution in [0.5, 0.6) is 0 Å². The first-order valence-corrected chi connectivity index (χ1v) is 4.05. The van der Waals surface area contributed by atoms with E-state index in [2.05, 4.69) is 18.7 Å². The molecule has 2 rings (SSSR count). The van der Waals surface area contributed by atoms with Crippen molar-refractivity contribution in [3.8, 4) is 0 Å². The summed E-state index contributed by atoms with van der Waals surface area (Å²) >= 11 is 0. The molecule has 2 aliphatic rings. The second kappa shape index (κ2) is 1.72. The quantitative estimate of drug-likeness (QED) is 0.513. The van der Waals surface area contributed by atoms with Crippen LogP contribution >= 0.6 is 0 Å². The van der Waals surface area contributed by atoms with Crippen molar-refractivity contribution in [3.63, 3.8) is 0 Å². The molecule has 0 spiro atoms. The number of rotatable bonds is 1. The number of hydrogen-bond donors (Lipinski definition) is 0. The van der Waals surface area contributed by atoms with Crippen molar-refractivity contribution in [1.29, 1.82) is 0 Å². The van der Waals surface area contributed by atoms with E-state index in [-0.39, 0.29) is 0 Å². The number of piperidine rings is 1. The first kappa shape index (κ1) is 5.72. The predicted octanol–water partition coefficient (Wildman–Crippen LogP) is 1.49. The van der Waals surface area contributed by atoms with Gasteiger partial charge >= 0.3 is 0 Å². The standard InChI is InChI=1S/C8H15N/c1-6(2)9-4-3-7-5-8(7)9/h6-8H,3-5H2,1-2H3/t7?,8-/m1/s1. The van der Waals surface area contributed by atoms with Gasteiger partial charge < -0.3 is 0 Å². The van der Waals surface area contributed by atoms with Crippen LogP contribution in [-0.2, 0) is 0 Å². The molecule has 1 nitrogen and oxygen atoms in total. The first-order chi connectivity index (χ1) is 4.29. The molecule has 1 unspecified atom stereocenters. The summed E-state index contributed by atoms with van der Waals surface area (Å²) in [4.78, 5) is 2.64. The van der Waals surface area contributed by atoms with Crippen molar-refractivity contribution in [2.75, 3.05) is 6.54 Å². The maximum Gasteiger partial charge on any atom is 0.0130 e. The van der Waals surface area contributed by atoms with E-state index in [1.54, 1.807) is 0 Å². The molecule has 1 aliphatic heterocycles. The summed E-state index contributed by atoms with van der Waals surface area (Å²) < 4.78 is 0. The van der Waals surface area contributed by atoms with E-state index >= 15 is 0 Å². The highest BCUT2D eigenvalue weighted by Gasteiger charge is 2.47. The van der Waals surface area contributed by atoms with Gasteiger partial charge in [-0.25, -0.2) is 0 Å². The summed E-state index contributed by atoms with van der Waals surface area (Å²) in [5, 5.41) is 0. The van der Waals surface area contributed by atoms with E-state index < -0.39 is 0 Å². The van der Waals surface area contributed by atoms with Crippen LogP contribution in [0.15, 0.2) is 0 Å². The SMILES string of the molecule is CC(C)N1CCC2C[C@H]21. The lowest BCUT2D eigenvalue weighted by molar-refractivity contribution is 0.242. The second-order valence-corrected chi connectivity index (χ2v) is 3.68. The second-order valence-electron chi connectivity index (χ2n) is 3.68. The lowest BCUT2D eigenvalue weighted by atomic mass is 10.3. The van der Waals surface area contributed by atoms with Crippen LogP contribution in [0.1, 0.15) is 26.7 Å². The van der Waals surface area contributed by atoms with Gasteiger partial charge in [0.05, 0.1) is 0 Å². The third-order valence-corrected chi connectivity index (χ3v) is 2.73. The molecule has 0 aromatic carbocycles. The molecule has 1 heteroatoms. The maximum atomic E-state index is 2.64. The fraction of sp³-hybridized carbons (Fsp3) is 1.00. The van der Waals surface area contributed by atoms with Gasteiger partial charge in [-0.2, -0.15) is 0 Å². The van der Waals surface area contributed by atoms with Crippen LogP contribution in [0, 0.1) is 5.92 Å². The Bertz CT molecular complexity index is 120. The number of hydrogen-bond acceptors (Lipinski definition) is 1. The third kappa shape index (κ3) is 0.787. The summed E-state index contributed by atoms with van der Waals surface area (Å²) in [5.41, 5.74) is 0. The van der Waals surface area contributed by atoms with Crippen molar-refractivity contribution in [2.45, 2.75) is 38.8 Å². The Morgan fingerprint density at radius 3 is 2.44 bits per heavy atom. The van der Waals surface area contributed by atoms with E-state index in [4.69, 9.17) is 0 Å². The predicted molar refractivity (Wildman–Crippen MR) is 38.4 cm³/mol. The zero-order valence-electron chi connectivity index (χ0n) is 6.30. The molecule has 0 amide bonds. The van der Waals surface area contributed by atoms with Crippen LogP contribution in [0.25, 0.3) is 0 Å². The molecule has 9 heavy (non-hydrogen) atoms. The molecule has 0 aromatic heterocycles. The zero-order valence-corrected chi connectivity index (χ0v) is 6.30. The molecule has 2 fully saturated rings. The van der Waals surface area contributed by atoms with Crippen LogP contribution < -0.4 is 0 Å². The van der Waals surface area contributed by atoms with Gasteiger partial charge in [-0.3, -0.25) is 4.90 Å². The minimum absolute atomic E-state index is 0.794. The molecule has 0 aromatic rings. The van der Waals surface area contributed by atoms with Gasteiger partial charge in [-0.1, -0.05) is 0 Å². The molecule has 2 atom stereocenters. The van der Waals surface area contributed by atoms with Crippen LogP contribution in [0.2, 0.25) is 0 Å². The van der Waals surface area contributed by atoms with E-state index in [0.717, 1.165) is 18.0 Å². The highest BCUT2D eigenvalue weighted by atomic mass is 15.2. The molecular weight excluding hydrogens is 110 g/mol. The third-order valence-electron chi connectivity index (χ3n) is 2.73. The van der Waals surface area contributed by atoms with Gasteiger partial charge in [0.25, 0.3) is 0 Å². The highest BCUT2D eigenvalue weighted by molar-refractivity contribution is 5.01. The Morgan fingerprint density at radius 2 is 2.22 bits per heavy atom. The number of nitrogens with zero attached hydrogens (tertiary/aromatic N) is 1. The van der Waals surface area contributed by atoms with Gasteiger partial charge in [0.15, 0.2) is 0 Å². The highest BCUT2D eigenvalue weighted by Crippen LogP contribution is 2.45. The van der Waals surface area contributed by atoms with Crippen molar-refractivity contribution < 1.29 is 0 Å².